The van der Waals surface area contributed by atoms with E-state index in [-0.39, 0.29) is 11.3 Å². The van der Waals surface area contributed by atoms with Crippen LogP contribution in [0.2, 0.25) is 5.02 Å². The van der Waals surface area contributed by atoms with Crippen LogP contribution in [0, 0.1) is 0 Å². The molecule has 0 spiro atoms. The molecule has 4 nitrogen and oxygen atoms in total. The summed E-state index contributed by atoms with van der Waals surface area (Å²) in [6, 6.07) is 20.8. The van der Waals surface area contributed by atoms with Crippen molar-refractivity contribution in [3.63, 3.8) is 0 Å². The highest BCUT2D eigenvalue weighted by Crippen LogP contribution is 2.26. The highest BCUT2D eigenvalue weighted by atomic mass is 35.5. The topological polar surface area (TPSA) is 66.4 Å². The Kier molecular flexibility index (Phi) is 4.82. The lowest BCUT2D eigenvalue weighted by Gasteiger charge is -2.11. The molecule has 0 bridgehead atoms. The van der Waals surface area contributed by atoms with E-state index in [1.54, 1.807) is 30.3 Å². The second kappa shape index (κ2) is 7.20. The molecule has 0 aliphatic carbocycles. The molecule has 124 valence electrons. The summed E-state index contributed by atoms with van der Waals surface area (Å²) in [4.78, 5) is 23.9. The number of hydrogen-bond donors (Lipinski definition) is 2. The predicted molar refractivity (Wildman–Crippen MR) is 98.2 cm³/mol. The van der Waals surface area contributed by atoms with Crippen molar-refractivity contribution in [1.29, 1.82) is 0 Å². The molecular weight excluding hydrogens is 338 g/mol. The number of rotatable bonds is 4. The highest BCUT2D eigenvalue weighted by Gasteiger charge is 2.15. The van der Waals surface area contributed by atoms with E-state index in [0.29, 0.717) is 10.6 Å². The smallest absolute Gasteiger partial charge is 0.337 e. The molecule has 0 radical (unpaired) electrons. The molecule has 5 heteroatoms. The van der Waals surface area contributed by atoms with Crippen molar-refractivity contribution in [1.82, 2.24) is 0 Å². The van der Waals surface area contributed by atoms with Crippen LogP contribution in [0.25, 0.3) is 11.1 Å². The molecule has 0 aliphatic heterocycles. The number of carbonyl (C=O) groups is 2. The Labute approximate surface area is 149 Å². The van der Waals surface area contributed by atoms with E-state index in [0.717, 1.165) is 11.1 Å². The third kappa shape index (κ3) is 3.87. The minimum atomic E-state index is -1.11. The molecule has 25 heavy (non-hydrogen) atoms. The van der Waals surface area contributed by atoms with Crippen LogP contribution in [0.15, 0.2) is 72.8 Å². The summed E-state index contributed by atoms with van der Waals surface area (Å²) in [5.74, 6) is -1.53. The number of carboxylic acids is 1. The van der Waals surface area contributed by atoms with Gasteiger partial charge in [0.05, 0.1) is 11.3 Å². The van der Waals surface area contributed by atoms with Crippen molar-refractivity contribution < 1.29 is 14.7 Å². The minimum Gasteiger partial charge on any atom is -0.478 e. The number of carbonyl (C=O) groups excluding carboxylic acids is 1. The Morgan fingerprint density at radius 2 is 1.60 bits per heavy atom. The number of halogens is 1. The van der Waals surface area contributed by atoms with Crippen LogP contribution >= 0.6 is 11.6 Å². The van der Waals surface area contributed by atoms with Gasteiger partial charge < -0.3 is 10.4 Å². The molecule has 2 N–H and O–H groups in total. The number of aromatic carboxylic acids is 1. The molecule has 0 saturated heterocycles. The zero-order valence-corrected chi connectivity index (χ0v) is 13.8. The Balaban J connectivity index is 1.98. The average molecular weight is 352 g/mol. The molecule has 0 atom stereocenters. The van der Waals surface area contributed by atoms with Gasteiger partial charge in [0.25, 0.3) is 5.91 Å². The molecule has 1 amide bonds. The normalized spacial score (nSPS) is 10.3. The molecular formula is C20H14ClNO3. The first-order valence-electron chi connectivity index (χ1n) is 7.54. The fourth-order valence-corrected chi connectivity index (χ4v) is 2.66. The minimum absolute atomic E-state index is 0.0232. The van der Waals surface area contributed by atoms with Crippen LogP contribution in [-0.4, -0.2) is 17.0 Å². The first-order valence-corrected chi connectivity index (χ1v) is 7.92. The Morgan fingerprint density at radius 1 is 0.840 bits per heavy atom. The number of hydrogen-bond acceptors (Lipinski definition) is 2. The van der Waals surface area contributed by atoms with Crippen LogP contribution in [-0.2, 0) is 0 Å². The van der Waals surface area contributed by atoms with Crippen LogP contribution < -0.4 is 5.32 Å². The zero-order valence-electron chi connectivity index (χ0n) is 13.1. The van der Waals surface area contributed by atoms with Crippen molar-refractivity contribution in [2.45, 2.75) is 0 Å². The maximum absolute atomic E-state index is 12.4. The standard InChI is InChI=1S/C20H14ClNO3/c21-16-8-4-7-15(11-16)19(23)22-18-12-14(9-10-17(18)20(24)25)13-5-2-1-3-6-13/h1-12H,(H,22,23)(H,24,25). The second-order valence-electron chi connectivity index (χ2n) is 5.40. The molecule has 3 aromatic carbocycles. The van der Waals surface area contributed by atoms with Gasteiger partial charge in [-0.2, -0.15) is 0 Å². The summed E-state index contributed by atoms with van der Waals surface area (Å²) >= 11 is 5.90. The zero-order chi connectivity index (χ0) is 17.8. The molecule has 0 aromatic heterocycles. The largest absolute Gasteiger partial charge is 0.478 e. The SMILES string of the molecule is O=C(Nc1cc(-c2ccccc2)ccc1C(=O)O)c1cccc(Cl)c1. The molecule has 0 fully saturated rings. The first kappa shape index (κ1) is 16.7. The van der Waals surface area contributed by atoms with Gasteiger partial charge in [0.15, 0.2) is 0 Å². The summed E-state index contributed by atoms with van der Waals surface area (Å²) in [5.41, 5.74) is 2.35. The summed E-state index contributed by atoms with van der Waals surface area (Å²) in [6.07, 6.45) is 0. The lowest BCUT2D eigenvalue weighted by Crippen LogP contribution is -2.15. The van der Waals surface area contributed by atoms with E-state index >= 15 is 0 Å². The number of nitrogens with one attached hydrogen (secondary N) is 1. The van der Waals surface area contributed by atoms with Gasteiger partial charge in [-0.1, -0.05) is 54.1 Å². The van der Waals surface area contributed by atoms with Gasteiger partial charge in [0.1, 0.15) is 0 Å². The molecule has 3 aromatic rings. The Hall–Kier alpha value is -3.11. The number of anilines is 1. The van der Waals surface area contributed by atoms with Crippen LogP contribution in [0.5, 0.6) is 0 Å². The second-order valence-corrected chi connectivity index (χ2v) is 5.83. The van der Waals surface area contributed by atoms with Gasteiger partial charge in [0.2, 0.25) is 0 Å². The molecule has 0 heterocycles. The van der Waals surface area contributed by atoms with Gasteiger partial charge in [-0.25, -0.2) is 4.79 Å². The lowest BCUT2D eigenvalue weighted by molar-refractivity contribution is 0.0698. The van der Waals surface area contributed by atoms with E-state index in [9.17, 15) is 14.7 Å². The maximum atomic E-state index is 12.4. The monoisotopic (exact) mass is 351 g/mol. The Bertz CT molecular complexity index is 939. The van der Waals surface area contributed by atoms with Gasteiger partial charge in [-0.05, 0) is 41.5 Å². The van der Waals surface area contributed by atoms with Crippen molar-refractivity contribution in [2.24, 2.45) is 0 Å². The van der Waals surface area contributed by atoms with E-state index < -0.39 is 11.9 Å². The molecule has 0 unspecified atom stereocenters. The fourth-order valence-electron chi connectivity index (χ4n) is 2.47. The van der Waals surface area contributed by atoms with Crippen LogP contribution in [0.4, 0.5) is 5.69 Å². The van der Waals surface area contributed by atoms with Crippen molar-refractivity contribution in [3.8, 4) is 11.1 Å². The van der Waals surface area contributed by atoms with Gasteiger partial charge >= 0.3 is 5.97 Å². The molecule has 0 saturated carbocycles. The van der Waals surface area contributed by atoms with E-state index in [1.807, 2.05) is 30.3 Å². The van der Waals surface area contributed by atoms with Crippen molar-refractivity contribution in [2.75, 3.05) is 5.32 Å². The maximum Gasteiger partial charge on any atom is 0.337 e. The summed E-state index contributed by atoms with van der Waals surface area (Å²) < 4.78 is 0. The van der Waals surface area contributed by atoms with Crippen LogP contribution in [0.3, 0.4) is 0 Å². The van der Waals surface area contributed by atoms with Gasteiger partial charge in [0, 0.05) is 10.6 Å². The van der Waals surface area contributed by atoms with Gasteiger partial charge in [-0.3, -0.25) is 4.79 Å². The number of carboxylic acid groups (broad SMARTS) is 1. The highest BCUT2D eigenvalue weighted by molar-refractivity contribution is 6.31. The van der Waals surface area contributed by atoms with E-state index in [2.05, 4.69) is 5.32 Å². The van der Waals surface area contributed by atoms with E-state index in [4.69, 9.17) is 11.6 Å². The van der Waals surface area contributed by atoms with E-state index in [1.165, 1.54) is 12.1 Å². The average Bonchev–Trinajstić information content (AvgIpc) is 2.62. The van der Waals surface area contributed by atoms with Gasteiger partial charge in [-0.15, -0.1) is 0 Å². The predicted octanol–water partition coefficient (Wildman–Crippen LogP) is 4.96. The summed E-state index contributed by atoms with van der Waals surface area (Å²) in [6.45, 7) is 0. The fraction of sp³-hybridized carbons (Fsp3) is 0. The Morgan fingerprint density at radius 3 is 2.28 bits per heavy atom. The number of amides is 1. The third-order valence-electron chi connectivity index (χ3n) is 3.69. The quantitative estimate of drug-likeness (QED) is 0.698. The summed E-state index contributed by atoms with van der Waals surface area (Å²) in [5, 5.41) is 12.5. The summed E-state index contributed by atoms with van der Waals surface area (Å²) in [7, 11) is 0. The lowest BCUT2D eigenvalue weighted by atomic mass is 10.0. The first-order chi connectivity index (χ1) is 12.0. The van der Waals surface area contributed by atoms with Crippen molar-refractivity contribution in [3.05, 3.63) is 88.9 Å². The van der Waals surface area contributed by atoms with Crippen molar-refractivity contribution >= 4 is 29.2 Å². The van der Waals surface area contributed by atoms with Crippen LogP contribution in [0.1, 0.15) is 20.7 Å². The third-order valence-corrected chi connectivity index (χ3v) is 3.93. The molecule has 3 rings (SSSR count). The number of benzene rings is 3. The molecule has 0 aliphatic rings.